The van der Waals surface area contributed by atoms with Crippen molar-refractivity contribution in [1.29, 1.82) is 0 Å². The van der Waals surface area contributed by atoms with Crippen molar-refractivity contribution in [2.24, 2.45) is 10.9 Å². The molecule has 0 amide bonds. The number of nitrogens with zero attached hydrogens (tertiary/aromatic N) is 1. The second kappa shape index (κ2) is 5.54. The van der Waals surface area contributed by atoms with Crippen LogP contribution in [0.2, 0.25) is 0 Å². The highest BCUT2D eigenvalue weighted by Crippen LogP contribution is 2.37. The van der Waals surface area contributed by atoms with E-state index >= 15 is 0 Å². The number of hydrogen-bond acceptors (Lipinski definition) is 4. The van der Waals surface area contributed by atoms with E-state index in [4.69, 9.17) is 14.2 Å². The Morgan fingerprint density at radius 2 is 1.95 bits per heavy atom. The van der Waals surface area contributed by atoms with Gasteiger partial charge in [-0.2, -0.15) is 0 Å². The fourth-order valence-corrected chi connectivity index (χ4v) is 2.67. The molecule has 4 heteroatoms. The highest BCUT2D eigenvalue weighted by molar-refractivity contribution is 5.85. The summed E-state index contributed by atoms with van der Waals surface area (Å²) in [4.78, 5) is 4.67. The van der Waals surface area contributed by atoms with Gasteiger partial charge in [-0.3, -0.25) is 0 Å². The van der Waals surface area contributed by atoms with Crippen LogP contribution < -0.4 is 0 Å². The molecule has 1 fully saturated rings. The Balaban J connectivity index is 1.75. The first-order valence-corrected chi connectivity index (χ1v) is 7.14. The molecule has 108 valence electrons. The zero-order chi connectivity index (χ0) is 14.1. The summed E-state index contributed by atoms with van der Waals surface area (Å²) >= 11 is 0. The van der Waals surface area contributed by atoms with Crippen molar-refractivity contribution in [3.05, 3.63) is 35.9 Å². The number of hydrogen-bond donors (Lipinski definition) is 0. The topological polar surface area (TPSA) is 43.3 Å². The van der Waals surface area contributed by atoms with E-state index in [1.807, 2.05) is 18.2 Å². The van der Waals surface area contributed by atoms with Crippen molar-refractivity contribution in [3.8, 4) is 0 Å². The molecule has 20 heavy (non-hydrogen) atoms. The van der Waals surface area contributed by atoms with E-state index in [1.165, 1.54) is 0 Å². The van der Waals surface area contributed by atoms with Gasteiger partial charge in [0.25, 0.3) is 0 Å². The van der Waals surface area contributed by atoms with Gasteiger partial charge in [0.1, 0.15) is 12.1 Å². The van der Waals surface area contributed by atoms with Crippen LogP contribution in [0.5, 0.6) is 0 Å². The molecule has 0 N–H and O–H groups in total. The molecule has 1 aromatic carbocycles. The highest BCUT2D eigenvalue weighted by atomic mass is 16.6. The maximum Gasteiger partial charge on any atom is 0.217 e. The van der Waals surface area contributed by atoms with Crippen LogP contribution in [0.15, 0.2) is 35.3 Å². The zero-order valence-corrected chi connectivity index (χ0v) is 12.2. The minimum absolute atomic E-state index is 0.00872. The Bertz CT molecular complexity index is 486. The highest BCUT2D eigenvalue weighted by Gasteiger charge is 2.50. The van der Waals surface area contributed by atoms with Crippen LogP contribution in [-0.2, 0) is 14.2 Å². The molecule has 1 aromatic rings. The van der Waals surface area contributed by atoms with E-state index in [-0.39, 0.29) is 24.4 Å². The van der Waals surface area contributed by atoms with Gasteiger partial charge < -0.3 is 14.2 Å². The third-order valence-corrected chi connectivity index (χ3v) is 3.78. The molecule has 3 rings (SSSR count). The Labute approximate surface area is 119 Å². The van der Waals surface area contributed by atoms with E-state index in [0.717, 1.165) is 11.5 Å². The molecule has 4 nitrogen and oxygen atoms in total. The summed E-state index contributed by atoms with van der Waals surface area (Å²) in [5.41, 5.74) is 1.13. The van der Waals surface area contributed by atoms with Crippen LogP contribution in [0.25, 0.3) is 0 Å². The molecule has 2 aliphatic rings. The number of ether oxygens (including phenoxy) is 3. The van der Waals surface area contributed by atoms with Gasteiger partial charge in [-0.1, -0.05) is 44.2 Å². The molecule has 4 atom stereocenters. The van der Waals surface area contributed by atoms with E-state index in [9.17, 15) is 0 Å². The van der Waals surface area contributed by atoms with Crippen molar-refractivity contribution >= 4 is 5.90 Å². The second-order valence-electron chi connectivity index (χ2n) is 5.70. The third-order valence-electron chi connectivity index (χ3n) is 3.78. The Morgan fingerprint density at radius 3 is 2.55 bits per heavy atom. The molecule has 2 aliphatic heterocycles. The first kappa shape index (κ1) is 13.6. The molecule has 0 radical (unpaired) electrons. The van der Waals surface area contributed by atoms with Gasteiger partial charge in [0.05, 0.1) is 12.7 Å². The molecule has 0 unspecified atom stereocenters. The predicted molar refractivity (Wildman–Crippen MR) is 76.9 cm³/mol. The Kier molecular flexibility index (Phi) is 3.76. The van der Waals surface area contributed by atoms with Crippen LogP contribution in [-0.4, -0.2) is 37.9 Å². The van der Waals surface area contributed by atoms with Crippen molar-refractivity contribution in [1.82, 2.24) is 0 Å². The molecular formula is C16H21NO3. The smallest absolute Gasteiger partial charge is 0.217 e. The summed E-state index contributed by atoms with van der Waals surface area (Å²) in [5.74, 6) is 1.22. The molecule has 0 spiro atoms. The lowest BCUT2D eigenvalue weighted by Crippen LogP contribution is -2.19. The SMILES string of the molecule is COC[C@@H]1N=C([C@@H]2O[C@@H]2C(C)C)O[C@H]1c1ccccc1. The van der Waals surface area contributed by atoms with Gasteiger partial charge in [-0.15, -0.1) is 0 Å². The molecule has 0 saturated carbocycles. The first-order chi connectivity index (χ1) is 9.70. The largest absolute Gasteiger partial charge is 0.468 e. The van der Waals surface area contributed by atoms with Gasteiger partial charge in [-0.25, -0.2) is 4.99 Å². The summed E-state index contributed by atoms with van der Waals surface area (Å²) in [5, 5.41) is 0. The minimum Gasteiger partial charge on any atom is -0.468 e. The quantitative estimate of drug-likeness (QED) is 0.776. The molecule has 0 aliphatic carbocycles. The molecular weight excluding hydrogens is 254 g/mol. The molecule has 1 saturated heterocycles. The Hall–Kier alpha value is -1.39. The molecule has 0 bridgehead atoms. The van der Waals surface area contributed by atoms with E-state index < -0.39 is 0 Å². The van der Waals surface area contributed by atoms with E-state index in [0.29, 0.717) is 12.5 Å². The number of methoxy groups -OCH3 is 1. The summed E-state index contributed by atoms with van der Waals surface area (Å²) in [7, 11) is 1.69. The van der Waals surface area contributed by atoms with Gasteiger partial charge in [0.2, 0.25) is 5.90 Å². The Morgan fingerprint density at radius 1 is 1.20 bits per heavy atom. The van der Waals surface area contributed by atoms with Crippen molar-refractivity contribution < 1.29 is 14.2 Å². The number of rotatable bonds is 5. The fraction of sp³-hybridized carbons (Fsp3) is 0.562. The zero-order valence-electron chi connectivity index (χ0n) is 12.2. The van der Waals surface area contributed by atoms with Gasteiger partial charge in [0.15, 0.2) is 6.10 Å². The lowest BCUT2D eigenvalue weighted by Gasteiger charge is -2.17. The van der Waals surface area contributed by atoms with E-state index in [2.05, 4.69) is 31.0 Å². The number of aliphatic imine (C=N–C) groups is 1. The normalized spacial score (nSPS) is 32.1. The van der Waals surface area contributed by atoms with Gasteiger partial charge in [0, 0.05) is 7.11 Å². The van der Waals surface area contributed by atoms with E-state index in [1.54, 1.807) is 7.11 Å². The average molecular weight is 275 g/mol. The summed E-state index contributed by atoms with van der Waals surface area (Å²) in [6, 6.07) is 10.2. The monoisotopic (exact) mass is 275 g/mol. The van der Waals surface area contributed by atoms with Crippen LogP contribution in [0, 0.1) is 5.92 Å². The summed E-state index contributed by atoms with van der Waals surface area (Å²) in [6.45, 7) is 4.87. The van der Waals surface area contributed by atoms with Crippen molar-refractivity contribution in [2.45, 2.75) is 38.2 Å². The van der Waals surface area contributed by atoms with Crippen molar-refractivity contribution in [2.75, 3.05) is 13.7 Å². The lowest BCUT2D eigenvalue weighted by molar-refractivity contribution is 0.118. The summed E-state index contributed by atoms with van der Waals surface area (Å²) in [6.07, 6.45) is 0.206. The van der Waals surface area contributed by atoms with Crippen LogP contribution >= 0.6 is 0 Å². The fourth-order valence-electron chi connectivity index (χ4n) is 2.67. The maximum atomic E-state index is 6.06. The van der Waals surface area contributed by atoms with Crippen LogP contribution in [0.4, 0.5) is 0 Å². The van der Waals surface area contributed by atoms with Gasteiger partial charge in [-0.05, 0) is 11.5 Å². The van der Waals surface area contributed by atoms with Crippen molar-refractivity contribution in [3.63, 3.8) is 0 Å². The summed E-state index contributed by atoms with van der Waals surface area (Å²) < 4.78 is 17.0. The standard InChI is InChI=1S/C16H21NO3/c1-10(2)13-15(19-13)16-17-12(9-18-3)14(20-16)11-7-5-4-6-8-11/h4-8,10,12-15H,9H2,1-3H3/t12-,13+,14-,15+/m0/s1. The third kappa shape index (κ3) is 2.58. The second-order valence-corrected chi connectivity index (χ2v) is 5.70. The van der Waals surface area contributed by atoms with Crippen LogP contribution in [0.1, 0.15) is 25.5 Å². The van der Waals surface area contributed by atoms with Crippen LogP contribution in [0.3, 0.4) is 0 Å². The maximum absolute atomic E-state index is 6.06. The van der Waals surface area contributed by atoms with Gasteiger partial charge >= 0.3 is 0 Å². The minimum atomic E-state index is -0.0665. The molecule has 2 heterocycles. The predicted octanol–water partition coefficient (Wildman–Crippen LogP) is 2.59. The number of benzene rings is 1. The average Bonchev–Trinajstić information content (AvgIpc) is 3.16. The first-order valence-electron chi connectivity index (χ1n) is 7.14. The number of epoxide rings is 1. The molecule has 0 aromatic heterocycles. The lowest BCUT2D eigenvalue weighted by atomic mass is 10.0.